The number of hydrogen-bond donors (Lipinski definition) is 1. The molecule has 2 atom stereocenters. The molecule has 1 N–H and O–H groups in total. The Kier molecular flexibility index (Phi) is 9.31. The van der Waals surface area contributed by atoms with Gasteiger partial charge in [-0.15, -0.1) is 6.58 Å². The van der Waals surface area contributed by atoms with Crippen LogP contribution in [0.5, 0.6) is 11.5 Å². The third-order valence-corrected chi connectivity index (χ3v) is 7.37. The third kappa shape index (κ3) is 7.43. The molecule has 0 aliphatic rings. The molecule has 3 aromatic rings. The Bertz CT molecular complexity index is 1230. The van der Waals surface area contributed by atoms with Crippen LogP contribution in [0.2, 0.25) is 0 Å². The molecule has 0 bridgehead atoms. The fourth-order valence-corrected chi connectivity index (χ4v) is 4.82. The number of ether oxygens (including phenoxy) is 2. The summed E-state index contributed by atoms with van der Waals surface area (Å²) >= 11 is 0. The quantitative estimate of drug-likeness (QED) is 0.242. The topological polar surface area (TPSA) is 82.1 Å². The van der Waals surface area contributed by atoms with E-state index in [9.17, 15) is 13.5 Å². The molecule has 7 heteroatoms. The summed E-state index contributed by atoms with van der Waals surface area (Å²) in [6, 6.07) is 21.9. The van der Waals surface area contributed by atoms with Gasteiger partial charge in [0.15, 0.2) is 11.5 Å². The minimum Gasteiger partial charge on any atom is -0.493 e. The maximum Gasteiger partial charge on any atom is 0.297 e. The number of methoxy groups -OCH3 is 1. The van der Waals surface area contributed by atoms with Crippen LogP contribution >= 0.6 is 0 Å². The maximum absolute atomic E-state index is 12.6. The zero-order valence-corrected chi connectivity index (χ0v) is 21.8. The number of benzene rings is 3. The van der Waals surface area contributed by atoms with E-state index < -0.39 is 15.7 Å². The Morgan fingerprint density at radius 1 is 1.00 bits per heavy atom. The maximum atomic E-state index is 12.6. The number of allylic oxidation sites excluding steroid dienone is 1. The second-order valence-electron chi connectivity index (χ2n) is 9.07. The minimum absolute atomic E-state index is 0.0556. The van der Waals surface area contributed by atoms with Crippen molar-refractivity contribution in [3.05, 3.63) is 102 Å². The van der Waals surface area contributed by atoms with Gasteiger partial charge in [0.25, 0.3) is 10.1 Å². The second-order valence-corrected chi connectivity index (χ2v) is 10.7. The second kappa shape index (κ2) is 12.2. The lowest BCUT2D eigenvalue weighted by molar-refractivity contribution is -0.0361. The van der Waals surface area contributed by atoms with Gasteiger partial charge in [-0.05, 0) is 68.0 Å². The van der Waals surface area contributed by atoms with Crippen LogP contribution in [-0.2, 0) is 27.3 Å². The minimum atomic E-state index is -4.00. The summed E-state index contributed by atoms with van der Waals surface area (Å²) < 4.78 is 42.0. The first-order valence-electron chi connectivity index (χ1n) is 11.8. The van der Waals surface area contributed by atoms with Crippen molar-refractivity contribution in [2.45, 2.75) is 43.8 Å². The molecule has 0 radical (unpaired) electrons. The summed E-state index contributed by atoms with van der Waals surface area (Å²) in [6.07, 6.45) is 2.64. The highest BCUT2D eigenvalue weighted by molar-refractivity contribution is 7.86. The van der Waals surface area contributed by atoms with Gasteiger partial charge in [0.05, 0.1) is 24.2 Å². The smallest absolute Gasteiger partial charge is 0.297 e. The Morgan fingerprint density at radius 3 is 2.33 bits per heavy atom. The highest BCUT2D eigenvalue weighted by Crippen LogP contribution is 2.33. The van der Waals surface area contributed by atoms with Crippen LogP contribution in [0, 0.1) is 12.8 Å². The van der Waals surface area contributed by atoms with Crippen LogP contribution in [0.1, 0.15) is 30.0 Å². The molecular formula is C29H34O6S. The van der Waals surface area contributed by atoms with E-state index in [4.69, 9.17) is 13.7 Å². The first-order chi connectivity index (χ1) is 17.1. The van der Waals surface area contributed by atoms with Gasteiger partial charge >= 0.3 is 0 Å². The lowest BCUT2D eigenvalue weighted by Gasteiger charge is -2.32. The number of aryl methyl sites for hydroxylation is 1. The van der Waals surface area contributed by atoms with E-state index in [-0.39, 0.29) is 17.4 Å². The van der Waals surface area contributed by atoms with Crippen molar-refractivity contribution in [2.24, 2.45) is 5.92 Å². The summed E-state index contributed by atoms with van der Waals surface area (Å²) in [7, 11) is -2.42. The van der Waals surface area contributed by atoms with E-state index in [2.05, 4.69) is 6.58 Å². The highest BCUT2D eigenvalue weighted by atomic mass is 32.2. The molecule has 192 valence electrons. The summed E-state index contributed by atoms with van der Waals surface area (Å²) in [5.74, 6) is 0.854. The molecule has 0 saturated carbocycles. The predicted octanol–water partition coefficient (Wildman–Crippen LogP) is 5.47. The van der Waals surface area contributed by atoms with Crippen LogP contribution in [-0.4, -0.2) is 32.8 Å². The molecule has 0 aromatic heterocycles. The first kappa shape index (κ1) is 27.5. The largest absolute Gasteiger partial charge is 0.493 e. The number of aliphatic hydroxyl groups is 1. The Hall–Kier alpha value is -3.13. The van der Waals surface area contributed by atoms with Crippen LogP contribution in [0.25, 0.3) is 0 Å². The third-order valence-electron chi connectivity index (χ3n) is 6.09. The number of rotatable bonds is 13. The Balaban J connectivity index is 1.70. The van der Waals surface area contributed by atoms with Crippen molar-refractivity contribution in [1.29, 1.82) is 0 Å². The molecule has 3 aromatic carbocycles. The summed E-state index contributed by atoms with van der Waals surface area (Å²) in [4.78, 5) is 0.0556. The van der Waals surface area contributed by atoms with Crippen molar-refractivity contribution < 1.29 is 27.2 Å². The zero-order chi connectivity index (χ0) is 26.2. The normalized spacial score (nSPS) is 14.0. The molecule has 0 saturated heterocycles. The SMILES string of the molecule is C=CC[C@H](Cc1ccc(OCc2ccccc2)c(OC)c1)[C@@](C)(O)COS(=O)(=O)c1ccc(C)cc1. The van der Waals surface area contributed by atoms with Crippen molar-refractivity contribution in [2.75, 3.05) is 13.7 Å². The van der Waals surface area contributed by atoms with Gasteiger partial charge in [0, 0.05) is 0 Å². The molecule has 3 rings (SSSR count). The first-order valence-corrected chi connectivity index (χ1v) is 13.2. The number of hydrogen-bond acceptors (Lipinski definition) is 6. The monoisotopic (exact) mass is 510 g/mol. The summed E-state index contributed by atoms with van der Waals surface area (Å²) in [5.41, 5.74) is 1.47. The molecule has 0 aliphatic carbocycles. The van der Waals surface area contributed by atoms with Gasteiger partial charge in [0.1, 0.15) is 6.61 Å². The van der Waals surface area contributed by atoms with Crippen LogP contribution in [0.4, 0.5) is 0 Å². The molecular weight excluding hydrogens is 476 g/mol. The average Bonchev–Trinajstić information content (AvgIpc) is 2.87. The van der Waals surface area contributed by atoms with Crippen molar-refractivity contribution in [3.63, 3.8) is 0 Å². The fraction of sp³-hybridized carbons (Fsp3) is 0.310. The van der Waals surface area contributed by atoms with Gasteiger partial charge in [0.2, 0.25) is 0 Å². The molecule has 0 fully saturated rings. The average molecular weight is 511 g/mol. The summed E-state index contributed by atoms with van der Waals surface area (Å²) in [5, 5.41) is 11.2. The van der Waals surface area contributed by atoms with Crippen molar-refractivity contribution in [1.82, 2.24) is 0 Å². The van der Waals surface area contributed by atoms with Crippen molar-refractivity contribution >= 4 is 10.1 Å². The molecule has 0 heterocycles. The lowest BCUT2D eigenvalue weighted by atomic mass is 9.82. The van der Waals surface area contributed by atoms with Crippen LogP contribution in [0.3, 0.4) is 0 Å². The van der Waals surface area contributed by atoms with E-state index in [1.807, 2.05) is 55.5 Å². The van der Waals surface area contributed by atoms with Gasteiger partial charge < -0.3 is 14.6 Å². The van der Waals surface area contributed by atoms with Gasteiger partial charge in [-0.1, -0.05) is 60.2 Å². The molecule has 0 amide bonds. The molecule has 36 heavy (non-hydrogen) atoms. The zero-order valence-electron chi connectivity index (χ0n) is 21.0. The van der Waals surface area contributed by atoms with E-state index in [0.717, 1.165) is 16.7 Å². The van der Waals surface area contributed by atoms with E-state index in [1.54, 1.807) is 32.2 Å². The molecule has 0 spiro atoms. The van der Waals surface area contributed by atoms with E-state index in [0.29, 0.717) is 30.9 Å². The molecule has 0 unspecified atom stereocenters. The highest BCUT2D eigenvalue weighted by Gasteiger charge is 2.34. The van der Waals surface area contributed by atoms with Gasteiger partial charge in [-0.25, -0.2) is 0 Å². The fourth-order valence-electron chi connectivity index (χ4n) is 3.82. The summed E-state index contributed by atoms with van der Waals surface area (Å²) in [6.45, 7) is 7.30. The molecule has 0 aliphatic heterocycles. The van der Waals surface area contributed by atoms with Crippen LogP contribution < -0.4 is 9.47 Å². The standard InChI is InChI=1S/C29H34O6S/c1-5-9-25(29(3,30)21-35-36(31,32)26-15-12-22(2)13-16-26)18-24-14-17-27(28(19-24)33-4)34-20-23-10-7-6-8-11-23/h5-8,10-17,19,25,30H,1,9,18,20-21H2,2-4H3/t25-,29+/m1/s1. The van der Waals surface area contributed by atoms with Crippen molar-refractivity contribution in [3.8, 4) is 11.5 Å². The Morgan fingerprint density at radius 2 is 1.69 bits per heavy atom. The van der Waals surface area contributed by atoms with Gasteiger partial charge in [-0.3, -0.25) is 4.18 Å². The lowest BCUT2D eigenvalue weighted by Crippen LogP contribution is -2.41. The molecule has 6 nitrogen and oxygen atoms in total. The van der Waals surface area contributed by atoms with E-state index >= 15 is 0 Å². The predicted molar refractivity (Wildman–Crippen MR) is 141 cm³/mol. The Labute approximate surface area is 214 Å². The van der Waals surface area contributed by atoms with Crippen LogP contribution in [0.15, 0.2) is 90.3 Å². The van der Waals surface area contributed by atoms with Gasteiger partial charge in [-0.2, -0.15) is 8.42 Å². The van der Waals surface area contributed by atoms with E-state index in [1.165, 1.54) is 12.1 Å².